The Labute approximate surface area is 95.8 Å². The number of rotatable bonds is 2. The number of furan rings is 1. The quantitative estimate of drug-likeness (QED) is 0.783. The lowest BCUT2D eigenvalue weighted by molar-refractivity contribution is 0.0696. The number of aromatic amines is 1. The van der Waals surface area contributed by atoms with E-state index in [9.17, 15) is 4.79 Å². The molecule has 0 fully saturated rings. The van der Waals surface area contributed by atoms with Crippen LogP contribution in [0.4, 0.5) is 0 Å². The normalized spacial score (nSPS) is 10.3. The number of aromatic nitrogens is 2. The number of carbonyl (C=O) groups is 1. The summed E-state index contributed by atoms with van der Waals surface area (Å²) in [6, 6.07) is 3.43. The molecule has 5 nitrogen and oxygen atoms in total. The predicted molar refractivity (Wildman–Crippen MR) is 58.8 cm³/mol. The van der Waals surface area contributed by atoms with Gasteiger partial charge in [-0.2, -0.15) is 0 Å². The molecule has 0 spiro atoms. The van der Waals surface area contributed by atoms with E-state index in [-0.39, 0.29) is 10.3 Å². The van der Waals surface area contributed by atoms with Crippen molar-refractivity contribution in [2.75, 3.05) is 0 Å². The molecule has 0 aliphatic carbocycles. The summed E-state index contributed by atoms with van der Waals surface area (Å²) >= 11 is 4.85. The van der Waals surface area contributed by atoms with E-state index in [4.69, 9.17) is 21.7 Å². The maximum atomic E-state index is 11.0. The summed E-state index contributed by atoms with van der Waals surface area (Å²) in [5.41, 5.74) is 0.364. The van der Waals surface area contributed by atoms with E-state index in [2.05, 4.69) is 9.97 Å². The van der Waals surface area contributed by atoms with Crippen molar-refractivity contribution in [3.8, 4) is 11.5 Å². The number of H-pyrrole nitrogens is 1. The van der Waals surface area contributed by atoms with E-state index in [0.29, 0.717) is 17.2 Å². The van der Waals surface area contributed by atoms with Crippen LogP contribution in [-0.2, 0) is 0 Å². The molecular weight excluding hydrogens is 228 g/mol. The number of hydrogen-bond donors (Lipinski definition) is 2. The maximum absolute atomic E-state index is 11.0. The van der Waals surface area contributed by atoms with Gasteiger partial charge < -0.3 is 14.5 Å². The van der Waals surface area contributed by atoms with Gasteiger partial charge in [-0.15, -0.1) is 0 Å². The van der Waals surface area contributed by atoms with Crippen LogP contribution in [0.25, 0.3) is 11.5 Å². The molecule has 0 radical (unpaired) electrons. The number of carboxylic acids is 1. The summed E-state index contributed by atoms with van der Waals surface area (Å²) in [6.45, 7) is 1.78. The van der Waals surface area contributed by atoms with Crippen molar-refractivity contribution in [3.05, 3.63) is 34.4 Å². The lowest BCUT2D eigenvalue weighted by Crippen LogP contribution is -2.02. The third-order valence-corrected chi connectivity index (χ3v) is 2.24. The van der Waals surface area contributed by atoms with Gasteiger partial charge in [-0.1, -0.05) is 0 Å². The van der Waals surface area contributed by atoms with Gasteiger partial charge in [-0.25, -0.2) is 9.78 Å². The molecule has 2 rings (SSSR count). The van der Waals surface area contributed by atoms with Gasteiger partial charge in [0.15, 0.2) is 10.5 Å². The smallest absolute Gasteiger partial charge is 0.339 e. The molecule has 0 aliphatic heterocycles. The summed E-state index contributed by atoms with van der Waals surface area (Å²) in [5, 5.41) is 8.99. The Balaban J connectivity index is 2.67. The molecule has 0 bridgehead atoms. The van der Waals surface area contributed by atoms with E-state index in [0.717, 1.165) is 0 Å². The molecule has 0 unspecified atom stereocenters. The highest BCUT2D eigenvalue weighted by Gasteiger charge is 2.15. The summed E-state index contributed by atoms with van der Waals surface area (Å²) in [6.07, 6.45) is 1.22. The molecule has 2 aromatic heterocycles. The summed E-state index contributed by atoms with van der Waals surface area (Å²) in [4.78, 5) is 17.4. The number of carboxylic acid groups (broad SMARTS) is 1. The summed E-state index contributed by atoms with van der Waals surface area (Å²) < 4.78 is 5.56. The van der Waals surface area contributed by atoms with Crippen LogP contribution in [0.5, 0.6) is 0 Å². The second-order valence-electron chi connectivity index (χ2n) is 3.19. The van der Waals surface area contributed by atoms with Crippen molar-refractivity contribution < 1.29 is 14.3 Å². The Bertz CT molecular complexity index is 600. The lowest BCUT2D eigenvalue weighted by atomic mass is 10.2. The topological polar surface area (TPSA) is 79.1 Å². The first-order chi connectivity index (χ1) is 7.58. The highest BCUT2D eigenvalue weighted by Crippen LogP contribution is 2.22. The maximum Gasteiger partial charge on any atom is 0.339 e. The van der Waals surface area contributed by atoms with Gasteiger partial charge in [0.05, 0.1) is 5.69 Å². The molecule has 0 atom stereocenters. The van der Waals surface area contributed by atoms with Gasteiger partial charge >= 0.3 is 5.97 Å². The zero-order valence-corrected chi connectivity index (χ0v) is 9.17. The average Bonchev–Trinajstić information content (AvgIpc) is 2.64. The number of hydrogen-bond acceptors (Lipinski definition) is 4. The minimum atomic E-state index is -1.08. The fourth-order valence-corrected chi connectivity index (χ4v) is 1.47. The molecule has 6 heteroatoms. The van der Waals surface area contributed by atoms with Crippen LogP contribution in [0.15, 0.2) is 22.7 Å². The zero-order chi connectivity index (χ0) is 11.7. The van der Waals surface area contributed by atoms with Gasteiger partial charge in [0.1, 0.15) is 11.3 Å². The fraction of sp³-hybridized carbons (Fsp3) is 0.100. The summed E-state index contributed by atoms with van der Waals surface area (Å²) in [7, 11) is 0. The summed E-state index contributed by atoms with van der Waals surface area (Å²) in [5.74, 6) is 0.0497. The molecule has 2 aromatic rings. The van der Waals surface area contributed by atoms with Gasteiger partial charge in [0.25, 0.3) is 0 Å². The molecule has 0 aliphatic rings. The fourth-order valence-electron chi connectivity index (χ4n) is 1.32. The minimum absolute atomic E-state index is 0.0305. The van der Waals surface area contributed by atoms with Crippen LogP contribution in [0.3, 0.4) is 0 Å². The Hall–Kier alpha value is -1.95. The minimum Gasteiger partial charge on any atom is -0.478 e. The van der Waals surface area contributed by atoms with Crippen molar-refractivity contribution >= 4 is 18.2 Å². The third kappa shape index (κ3) is 1.87. The first-order valence-corrected chi connectivity index (χ1v) is 4.88. The average molecular weight is 236 g/mol. The second-order valence-corrected chi connectivity index (χ2v) is 3.58. The number of aromatic carboxylic acids is 1. The molecular formula is C10H8N2O3S. The molecule has 0 amide bonds. The largest absolute Gasteiger partial charge is 0.478 e. The van der Waals surface area contributed by atoms with Crippen LogP contribution in [0.1, 0.15) is 16.1 Å². The second kappa shape index (κ2) is 3.90. The highest BCUT2D eigenvalue weighted by molar-refractivity contribution is 7.71. The molecule has 82 valence electrons. The predicted octanol–water partition coefficient (Wildman–Crippen LogP) is 2.41. The Kier molecular flexibility index (Phi) is 2.57. The molecule has 16 heavy (non-hydrogen) atoms. The molecule has 0 saturated carbocycles. The number of aryl methyl sites for hydroxylation is 1. The van der Waals surface area contributed by atoms with Crippen molar-refractivity contribution in [1.82, 2.24) is 9.97 Å². The van der Waals surface area contributed by atoms with E-state index in [1.807, 2.05) is 0 Å². The Morgan fingerprint density at radius 1 is 1.56 bits per heavy atom. The van der Waals surface area contributed by atoms with E-state index >= 15 is 0 Å². The first kappa shape index (κ1) is 10.6. The van der Waals surface area contributed by atoms with Crippen LogP contribution >= 0.6 is 12.2 Å². The van der Waals surface area contributed by atoms with Crippen LogP contribution in [0.2, 0.25) is 0 Å². The third-order valence-electron chi connectivity index (χ3n) is 2.03. The van der Waals surface area contributed by atoms with Gasteiger partial charge in [0.2, 0.25) is 0 Å². The van der Waals surface area contributed by atoms with E-state index in [1.165, 1.54) is 6.20 Å². The highest BCUT2D eigenvalue weighted by atomic mass is 32.1. The molecule has 2 heterocycles. The van der Waals surface area contributed by atoms with Crippen LogP contribution in [0, 0.1) is 11.7 Å². The standard InChI is InChI=1S/C10H8N2O3S/c1-5-2-3-7(15-5)8-6(9(13)14)4-11-10(16)12-8/h2-4H,1H3,(H,13,14)(H,11,12,16). The van der Waals surface area contributed by atoms with Gasteiger partial charge in [0, 0.05) is 6.20 Å². The SMILES string of the molecule is Cc1ccc(-c2[nH]c(=S)ncc2C(=O)O)o1. The van der Waals surface area contributed by atoms with Crippen molar-refractivity contribution in [1.29, 1.82) is 0 Å². The van der Waals surface area contributed by atoms with Crippen molar-refractivity contribution in [2.24, 2.45) is 0 Å². The van der Waals surface area contributed by atoms with E-state index in [1.54, 1.807) is 19.1 Å². The van der Waals surface area contributed by atoms with Crippen molar-refractivity contribution in [3.63, 3.8) is 0 Å². The van der Waals surface area contributed by atoms with Crippen molar-refractivity contribution in [2.45, 2.75) is 6.92 Å². The van der Waals surface area contributed by atoms with Gasteiger partial charge in [-0.05, 0) is 31.3 Å². The number of nitrogens with zero attached hydrogens (tertiary/aromatic N) is 1. The Morgan fingerprint density at radius 3 is 2.88 bits per heavy atom. The molecule has 0 saturated heterocycles. The lowest BCUT2D eigenvalue weighted by Gasteiger charge is -2.01. The van der Waals surface area contributed by atoms with E-state index < -0.39 is 5.97 Å². The monoisotopic (exact) mass is 236 g/mol. The molecule has 2 N–H and O–H groups in total. The number of nitrogens with one attached hydrogen (secondary N) is 1. The van der Waals surface area contributed by atoms with Crippen LogP contribution in [-0.4, -0.2) is 21.0 Å². The first-order valence-electron chi connectivity index (χ1n) is 4.47. The Morgan fingerprint density at radius 2 is 2.31 bits per heavy atom. The van der Waals surface area contributed by atoms with Gasteiger partial charge in [-0.3, -0.25) is 0 Å². The molecule has 0 aromatic carbocycles. The van der Waals surface area contributed by atoms with Crippen LogP contribution < -0.4 is 0 Å². The zero-order valence-electron chi connectivity index (χ0n) is 8.35.